The van der Waals surface area contributed by atoms with Crippen LogP contribution in [0.5, 0.6) is 0 Å². The molecule has 0 aliphatic rings. The van der Waals surface area contributed by atoms with E-state index in [1.54, 1.807) is 24.8 Å². The molecule has 2 heteroatoms. The van der Waals surface area contributed by atoms with E-state index < -0.39 is 0 Å². The first-order valence-corrected chi connectivity index (χ1v) is 5.27. The van der Waals surface area contributed by atoms with Gasteiger partial charge in [-0.1, -0.05) is 18.2 Å². The van der Waals surface area contributed by atoms with Gasteiger partial charge in [0.05, 0.1) is 0 Å². The fraction of sp³-hybridized carbons (Fsp3) is 0.182. The molecule has 13 heavy (non-hydrogen) atoms. The van der Waals surface area contributed by atoms with Crippen LogP contribution in [0.2, 0.25) is 0 Å². The molecule has 0 amide bonds. The topological polar surface area (TPSA) is 17.1 Å². The zero-order valence-corrected chi connectivity index (χ0v) is 8.60. The van der Waals surface area contributed by atoms with Crippen LogP contribution in [-0.2, 0) is 4.79 Å². The Morgan fingerprint density at radius 1 is 1.46 bits per heavy atom. The van der Waals surface area contributed by atoms with Gasteiger partial charge < -0.3 is 0 Å². The maximum Gasteiger partial charge on any atom is 0.152 e. The average molecular weight is 192 g/mol. The predicted molar refractivity (Wildman–Crippen MR) is 57.9 cm³/mol. The van der Waals surface area contributed by atoms with E-state index in [0.717, 1.165) is 5.56 Å². The molecule has 1 nitrogen and oxygen atoms in total. The van der Waals surface area contributed by atoms with Crippen molar-refractivity contribution in [1.82, 2.24) is 0 Å². The van der Waals surface area contributed by atoms with Crippen molar-refractivity contribution in [2.75, 3.05) is 6.26 Å². The minimum Gasteiger partial charge on any atom is -0.295 e. The van der Waals surface area contributed by atoms with Crippen molar-refractivity contribution < 1.29 is 4.79 Å². The summed E-state index contributed by atoms with van der Waals surface area (Å²) in [6.45, 7) is 1.55. The molecule has 1 rings (SSSR count). The molecule has 68 valence electrons. The van der Waals surface area contributed by atoms with Gasteiger partial charge in [-0.05, 0) is 37.0 Å². The predicted octanol–water partition coefficient (Wildman–Crippen LogP) is 3.01. The van der Waals surface area contributed by atoms with Crippen molar-refractivity contribution in [2.45, 2.75) is 11.8 Å². The summed E-state index contributed by atoms with van der Waals surface area (Å²) in [6.07, 6.45) is 5.45. The van der Waals surface area contributed by atoms with Crippen molar-refractivity contribution in [3.8, 4) is 0 Å². The van der Waals surface area contributed by atoms with Crippen LogP contribution in [0, 0.1) is 0 Å². The number of ketones is 1. The molecule has 1 aromatic carbocycles. The van der Waals surface area contributed by atoms with Gasteiger partial charge in [0.25, 0.3) is 0 Å². The summed E-state index contributed by atoms with van der Waals surface area (Å²) < 4.78 is 0. The summed E-state index contributed by atoms with van der Waals surface area (Å²) in [6, 6.07) is 8.09. The third-order valence-corrected chi connectivity index (χ3v) is 2.33. The lowest BCUT2D eigenvalue weighted by atomic mass is 10.2. The van der Waals surface area contributed by atoms with E-state index in [-0.39, 0.29) is 5.78 Å². The lowest BCUT2D eigenvalue weighted by Crippen LogP contribution is -1.80. The summed E-state index contributed by atoms with van der Waals surface area (Å²) in [5, 5.41) is 0. The van der Waals surface area contributed by atoms with Crippen molar-refractivity contribution in [3.63, 3.8) is 0 Å². The molecule has 0 heterocycles. The number of allylic oxidation sites excluding steroid dienone is 1. The van der Waals surface area contributed by atoms with Crippen LogP contribution in [0.25, 0.3) is 6.08 Å². The molecule has 0 N–H and O–H groups in total. The van der Waals surface area contributed by atoms with E-state index >= 15 is 0 Å². The number of carbonyl (C=O) groups is 1. The SMILES string of the molecule is CSc1cccc(C=CC(C)=O)c1. The highest BCUT2D eigenvalue weighted by Gasteiger charge is 1.90. The minimum atomic E-state index is 0.0783. The molecule has 0 fully saturated rings. The van der Waals surface area contributed by atoms with Crippen molar-refractivity contribution >= 4 is 23.6 Å². The zero-order chi connectivity index (χ0) is 9.68. The molecule has 0 saturated carbocycles. The van der Waals surface area contributed by atoms with Crippen LogP contribution in [0.1, 0.15) is 12.5 Å². The zero-order valence-electron chi connectivity index (χ0n) is 7.78. The second-order valence-corrected chi connectivity index (χ2v) is 3.60. The van der Waals surface area contributed by atoms with Gasteiger partial charge in [0.15, 0.2) is 5.78 Å². The quantitative estimate of drug-likeness (QED) is 0.541. The lowest BCUT2D eigenvalue weighted by Gasteiger charge is -1.96. The molecule has 0 aliphatic heterocycles. The van der Waals surface area contributed by atoms with Gasteiger partial charge in [-0.3, -0.25) is 4.79 Å². The Hall–Kier alpha value is -1.02. The number of thioether (sulfide) groups is 1. The first-order valence-electron chi connectivity index (χ1n) is 4.05. The van der Waals surface area contributed by atoms with Gasteiger partial charge in [-0.15, -0.1) is 11.8 Å². The van der Waals surface area contributed by atoms with E-state index in [2.05, 4.69) is 12.1 Å². The van der Waals surface area contributed by atoms with Gasteiger partial charge in [0.1, 0.15) is 0 Å². The van der Waals surface area contributed by atoms with E-state index in [4.69, 9.17) is 0 Å². The van der Waals surface area contributed by atoms with Crippen molar-refractivity contribution in [1.29, 1.82) is 0 Å². The molecular weight excluding hydrogens is 180 g/mol. The van der Waals surface area contributed by atoms with Crippen LogP contribution in [0.4, 0.5) is 0 Å². The largest absolute Gasteiger partial charge is 0.295 e. The van der Waals surface area contributed by atoms with Crippen molar-refractivity contribution in [2.24, 2.45) is 0 Å². The molecule has 0 aromatic heterocycles. The van der Waals surface area contributed by atoms with Crippen LogP contribution in [0.15, 0.2) is 35.2 Å². The average Bonchev–Trinajstić information content (AvgIpc) is 2.15. The molecule has 0 saturated heterocycles. The highest BCUT2D eigenvalue weighted by Crippen LogP contribution is 2.16. The summed E-state index contributed by atoms with van der Waals surface area (Å²) in [5.41, 5.74) is 1.07. The van der Waals surface area contributed by atoms with Gasteiger partial charge in [-0.25, -0.2) is 0 Å². The first kappa shape index (κ1) is 10.1. The first-order chi connectivity index (χ1) is 6.22. The maximum atomic E-state index is 10.7. The monoisotopic (exact) mass is 192 g/mol. The van der Waals surface area contributed by atoms with Crippen LogP contribution >= 0.6 is 11.8 Å². The minimum absolute atomic E-state index is 0.0783. The highest BCUT2D eigenvalue weighted by molar-refractivity contribution is 7.98. The number of rotatable bonds is 3. The lowest BCUT2D eigenvalue weighted by molar-refractivity contribution is -0.112. The fourth-order valence-electron chi connectivity index (χ4n) is 0.959. The summed E-state index contributed by atoms with van der Waals surface area (Å²) in [5.74, 6) is 0.0783. The maximum absolute atomic E-state index is 10.7. The van der Waals surface area contributed by atoms with Gasteiger partial charge >= 0.3 is 0 Å². The third-order valence-electron chi connectivity index (χ3n) is 1.60. The molecule has 0 unspecified atom stereocenters. The molecule has 0 atom stereocenters. The fourth-order valence-corrected chi connectivity index (χ4v) is 1.43. The molecule has 0 radical (unpaired) electrons. The van der Waals surface area contributed by atoms with E-state index in [0.29, 0.717) is 0 Å². The number of carbonyl (C=O) groups excluding carboxylic acids is 1. The third kappa shape index (κ3) is 3.47. The Morgan fingerprint density at radius 2 is 2.23 bits per heavy atom. The Balaban J connectivity index is 2.83. The van der Waals surface area contributed by atoms with E-state index in [1.165, 1.54) is 4.90 Å². The Labute approximate surface area is 82.9 Å². The molecular formula is C11H12OS. The van der Waals surface area contributed by atoms with Gasteiger partial charge in [-0.2, -0.15) is 0 Å². The Morgan fingerprint density at radius 3 is 2.85 bits per heavy atom. The second kappa shape index (κ2) is 4.87. The highest BCUT2D eigenvalue weighted by atomic mass is 32.2. The van der Waals surface area contributed by atoms with Crippen LogP contribution in [-0.4, -0.2) is 12.0 Å². The number of benzene rings is 1. The van der Waals surface area contributed by atoms with Crippen molar-refractivity contribution in [3.05, 3.63) is 35.9 Å². The second-order valence-electron chi connectivity index (χ2n) is 2.72. The summed E-state index contributed by atoms with van der Waals surface area (Å²) >= 11 is 1.70. The molecule has 0 spiro atoms. The van der Waals surface area contributed by atoms with E-state index in [1.807, 2.05) is 24.5 Å². The van der Waals surface area contributed by atoms with Crippen LogP contribution < -0.4 is 0 Å². The Kier molecular flexibility index (Phi) is 3.77. The van der Waals surface area contributed by atoms with Crippen LogP contribution in [0.3, 0.4) is 0 Å². The van der Waals surface area contributed by atoms with Gasteiger partial charge in [0, 0.05) is 4.90 Å². The molecule has 0 aliphatic carbocycles. The summed E-state index contributed by atoms with van der Waals surface area (Å²) in [7, 11) is 0. The normalized spacial score (nSPS) is 10.6. The number of hydrogen-bond donors (Lipinski definition) is 0. The molecule has 0 bridgehead atoms. The van der Waals surface area contributed by atoms with E-state index in [9.17, 15) is 4.79 Å². The smallest absolute Gasteiger partial charge is 0.152 e. The Bertz CT molecular complexity index is 329. The standard InChI is InChI=1S/C11H12OS/c1-9(12)6-7-10-4-3-5-11(8-10)13-2/h3-8H,1-2H3. The molecule has 1 aromatic rings. The van der Waals surface area contributed by atoms with Gasteiger partial charge in [0.2, 0.25) is 0 Å². The number of hydrogen-bond acceptors (Lipinski definition) is 2. The summed E-state index contributed by atoms with van der Waals surface area (Å²) in [4.78, 5) is 11.9.